The number of carboxylic acids is 1. The molecule has 0 fully saturated rings. The van der Waals surface area contributed by atoms with Crippen molar-refractivity contribution in [1.29, 1.82) is 0 Å². The molecule has 0 saturated heterocycles. The number of carbonyl (C=O) groups excluding carboxylic acids is 1. The number of nitrogens with zero attached hydrogens (tertiary/aromatic N) is 2. The number of aromatic carboxylic acids is 1. The van der Waals surface area contributed by atoms with Crippen LogP contribution >= 0.6 is 11.6 Å². The molecule has 9 nitrogen and oxygen atoms in total. The molecular weight excluding hydrogens is 304 g/mol. The number of aromatic amines is 1. The van der Waals surface area contributed by atoms with Gasteiger partial charge in [-0.25, -0.2) is 4.79 Å². The number of nitrogens with one attached hydrogen (secondary N) is 2. The second kappa shape index (κ2) is 5.59. The first-order chi connectivity index (χ1) is 9.90. The van der Waals surface area contributed by atoms with Gasteiger partial charge in [-0.05, 0) is 12.1 Å². The van der Waals surface area contributed by atoms with Gasteiger partial charge in [-0.3, -0.25) is 20.0 Å². The van der Waals surface area contributed by atoms with E-state index < -0.39 is 22.5 Å². The molecule has 0 spiro atoms. The number of hydrogen-bond acceptors (Lipinski definition) is 5. The van der Waals surface area contributed by atoms with Gasteiger partial charge in [0.15, 0.2) is 5.82 Å². The monoisotopic (exact) mass is 310 g/mol. The predicted octanol–water partition coefficient (Wildman–Crippen LogP) is 1.92. The number of anilines is 1. The van der Waals surface area contributed by atoms with Crippen LogP contribution in [0, 0.1) is 10.1 Å². The van der Waals surface area contributed by atoms with Crippen LogP contribution in [0.3, 0.4) is 0 Å². The molecule has 0 bridgehead atoms. The molecule has 0 atom stereocenters. The molecular formula is C11H7ClN4O5. The third-order valence-electron chi connectivity index (χ3n) is 2.46. The van der Waals surface area contributed by atoms with Gasteiger partial charge in [-0.15, -0.1) is 0 Å². The number of carbonyl (C=O) groups is 2. The molecule has 0 unspecified atom stereocenters. The number of carboxylic acid groups (broad SMARTS) is 1. The van der Waals surface area contributed by atoms with Crippen LogP contribution in [-0.2, 0) is 0 Å². The number of hydrogen-bond donors (Lipinski definition) is 3. The smallest absolute Gasteiger partial charge is 0.353 e. The Morgan fingerprint density at radius 3 is 2.71 bits per heavy atom. The molecule has 0 aliphatic heterocycles. The van der Waals surface area contributed by atoms with E-state index in [4.69, 9.17) is 16.7 Å². The average Bonchev–Trinajstić information content (AvgIpc) is 2.86. The Hall–Kier alpha value is -2.94. The van der Waals surface area contributed by atoms with Gasteiger partial charge in [0, 0.05) is 6.07 Å². The van der Waals surface area contributed by atoms with Crippen molar-refractivity contribution in [2.75, 3.05) is 5.32 Å². The fourth-order valence-corrected chi connectivity index (χ4v) is 1.81. The van der Waals surface area contributed by atoms with Gasteiger partial charge in [-0.2, -0.15) is 5.10 Å². The number of H-pyrrole nitrogens is 1. The Morgan fingerprint density at radius 1 is 1.43 bits per heavy atom. The molecule has 2 rings (SSSR count). The summed E-state index contributed by atoms with van der Waals surface area (Å²) in [5.41, 5.74) is -1.02. The Kier molecular flexibility index (Phi) is 3.85. The standard InChI is InChI=1S/C11H7ClN4O5/c12-6-3-1-2-5(9(6)16(20)21)10(17)13-8-4-7(11(18)19)14-15-8/h1-4H,(H,18,19)(H2,13,14,15,17). The molecule has 0 saturated carbocycles. The van der Waals surface area contributed by atoms with Gasteiger partial charge >= 0.3 is 11.7 Å². The molecule has 3 N–H and O–H groups in total. The molecule has 1 aromatic carbocycles. The number of rotatable bonds is 4. The van der Waals surface area contributed by atoms with Crippen molar-refractivity contribution in [3.8, 4) is 0 Å². The number of nitro groups is 1. The molecule has 0 radical (unpaired) electrons. The van der Waals surface area contributed by atoms with Crippen LogP contribution in [0.1, 0.15) is 20.8 Å². The maximum Gasteiger partial charge on any atom is 0.353 e. The van der Waals surface area contributed by atoms with Crippen LogP contribution in [0.2, 0.25) is 5.02 Å². The van der Waals surface area contributed by atoms with E-state index in [-0.39, 0.29) is 22.1 Å². The van der Waals surface area contributed by atoms with E-state index >= 15 is 0 Å². The highest BCUT2D eigenvalue weighted by Crippen LogP contribution is 2.28. The Morgan fingerprint density at radius 2 is 2.14 bits per heavy atom. The van der Waals surface area contributed by atoms with Crippen LogP contribution in [0.15, 0.2) is 24.3 Å². The van der Waals surface area contributed by atoms with Crippen LogP contribution in [0.5, 0.6) is 0 Å². The first-order valence-electron chi connectivity index (χ1n) is 5.43. The molecule has 1 heterocycles. The zero-order chi connectivity index (χ0) is 15.6. The van der Waals surface area contributed by atoms with E-state index in [1.54, 1.807) is 0 Å². The third-order valence-corrected chi connectivity index (χ3v) is 2.77. The van der Waals surface area contributed by atoms with Crippen LogP contribution in [0.25, 0.3) is 0 Å². The van der Waals surface area contributed by atoms with E-state index in [9.17, 15) is 19.7 Å². The van der Waals surface area contributed by atoms with E-state index in [1.807, 2.05) is 0 Å². The first kappa shape index (κ1) is 14.5. The molecule has 0 aliphatic rings. The lowest BCUT2D eigenvalue weighted by Gasteiger charge is -2.04. The SMILES string of the molecule is O=C(O)c1cc(NC(=O)c2cccc(Cl)c2[N+](=O)[O-])n[nH]1. The number of para-hydroxylation sites is 1. The van der Waals surface area contributed by atoms with Crippen molar-refractivity contribution >= 4 is 35.0 Å². The largest absolute Gasteiger partial charge is 0.477 e. The first-order valence-corrected chi connectivity index (χ1v) is 5.81. The minimum absolute atomic E-state index is 0.0772. The summed E-state index contributed by atoms with van der Waals surface area (Å²) in [5.74, 6) is -2.16. The zero-order valence-corrected chi connectivity index (χ0v) is 10.9. The second-order valence-electron chi connectivity index (χ2n) is 3.82. The predicted molar refractivity (Wildman–Crippen MR) is 71.6 cm³/mol. The van der Waals surface area contributed by atoms with E-state index in [2.05, 4.69) is 15.5 Å². The minimum Gasteiger partial charge on any atom is -0.477 e. The summed E-state index contributed by atoms with van der Waals surface area (Å²) in [6.45, 7) is 0. The van der Waals surface area contributed by atoms with E-state index in [0.29, 0.717) is 0 Å². The van der Waals surface area contributed by atoms with Crippen LogP contribution < -0.4 is 5.32 Å². The van der Waals surface area contributed by atoms with Crippen molar-refractivity contribution in [2.45, 2.75) is 0 Å². The average molecular weight is 311 g/mol. The summed E-state index contributed by atoms with van der Waals surface area (Å²) >= 11 is 5.70. The van der Waals surface area contributed by atoms with Gasteiger partial charge < -0.3 is 10.4 Å². The van der Waals surface area contributed by atoms with Crippen molar-refractivity contribution in [2.24, 2.45) is 0 Å². The van der Waals surface area contributed by atoms with Crippen molar-refractivity contribution in [3.05, 3.63) is 50.7 Å². The van der Waals surface area contributed by atoms with Crippen LogP contribution in [0.4, 0.5) is 11.5 Å². The van der Waals surface area contributed by atoms with Crippen molar-refractivity contribution < 1.29 is 19.6 Å². The highest BCUT2D eigenvalue weighted by molar-refractivity contribution is 6.33. The molecule has 2 aromatic rings. The number of benzene rings is 1. The maximum absolute atomic E-state index is 12.0. The lowest BCUT2D eigenvalue weighted by molar-refractivity contribution is -0.385. The summed E-state index contributed by atoms with van der Waals surface area (Å²) in [7, 11) is 0. The summed E-state index contributed by atoms with van der Waals surface area (Å²) in [6, 6.07) is 4.98. The summed E-state index contributed by atoms with van der Waals surface area (Å²) in [4.78, 5) is 32.8. The van der Waals surface area contributed by atoms with Gasteiger partial charge in [0.1, 0.15) is 16.3 Å². The summed E-state index contributed by atoms with van der Waals surface area (Å²) < 4.78 is 0. The minimum atomic E-state index is -1.25. The fourth-order valence-electron chi connectivity index (χ4n) is 1.56. The molecule has 108 valence electrons. The zero-order valence-electron chi connectivity index (χ0n) is 10.2. The molecule has 1 amide bonds. The highest BCUT2D eigenvalue weighted by Gasteiger charge is 2.24. The number of aromatic nitrogens is 2. The summed E-state index contributed by atoms with van der Waals surface area (Å²) in [5, 5.41) is 27.5. The van der Waals surface area contributed by atoms with Crippen LogP contribution in [-0.4, -0.2) is 32.1 Å². The number of amides is 1. The topological polar surface area (TPSA) is 138 Å². The van der Waals surface area contributed by atoms with E-state index in [1.165, 1.54) is 18.2 Å². The van der Waals surface area contributed by atoms with Crippen molar-refractivity contribution in [3.63, 3.8) is 0 Å². The lowest BCUT2D eigenvalue weighted by atomic mass is 10.1. The molecule has 21 heavy (non-hydrogen) atoms. The Bertz CT molecular complexity index is 742. The van der Waals surface area contributed by atoms with Crippen molar-refractivity contribution in [1.82, 2.24) is 10.2 Å². The molecule has 0 aliphatic carbocycles. The normalized spacial score (nSPS) is 10.1. The molecule has 1 aromatic heterocycles. The quantitative estimate of drug-likeness (QED) is 0.582. The summed E-state index contributed by atoms with van der Waals surface area (Å²) in [6.07, 6.45) is 0. The number of halogens is 1. The highest BCUT2D eigenvalue weighted by atomic mass is 35.5. The second-order valence-corrected chi connectivity index (χ2v) is 4.23. The van der Waals surface area contributed by atoms with Gasteiger partial charge in [0.25, 0.3) is 5.91 Å². The third kappa shape index (κ3) is 2.98. The maximum atomic E-state index is 12.0. The van der Waals surface area contributed by atoms with Gasteiger partial charge in [0.2, 0.25) is 0 Å². The Balaban J connectivity index is 2.30. The van der Waals surface area contributed by atoms with Gasteiger partial charge in [-0.1, -0.05) is 17.7 Å². The number of nitro benzene ring substituents is 1. The Labute approximate surface area is 121 Å². The fraction of sp³-hybridized carbons (Fsp3) is 0. The van der Waals surface area contributed by atoms with Gasteiger partial charge in [0.05, 0.1) is 4.92 Å². The van der Waals surface area contributed by atoms with E-state index in [0.717, 1.165) is 6.07 Å². The molecule has 10 heteroatoms. The lowest BCUT2D eigenvalue weighted by Crippen LogP contribution is -2.14.